The summed E-state index contributed by atoms with van der Waals surface area (Å²) >= 11 is 3.26. The minimum absolute atomic E-state index is 0.265. The molecule has 1 aromatic carbocycles. The van der Waals surface area contributed by atoms with Crippen molar-refractivity contribution in [3.8, 4) is 0 Å². The Labute approximate surface area is 125 Å². The van der Waals surface area contributed by atoms with Crippen molar-refractivity contribution in [2.24, 2.45) is 0 Å². The Hall–Kier alpha value is -1.95. The van der Waals surface area contributed by atoms with Crippen molar-refractivity contribution in [3.05, 3.63) is 58.6 Å². The highest BCUT2D eigenvalue weighted by Gasteiger charge is 2.03. The van der Waals surface area contributed by atoms with Crippen LogP contribution < -0.4 is 5.32 Å². The van der Waals surface area contributed by atoms with Crippen molar-refractivity contribution >= 4 is 22.0 Å². The van der Waals surface area contributed by atoms with Crippen LogP contribution in [0.3, 0.4) is 0 Å². The number of ether oxygens (including phenoxy) is 1. The van der Waals surface area contributed by atoms with Crippen LogP contribution in [-0.2, 0) is 17.8 Å². The average Bonchev–Trinajstić information content (AvgIpc) is 2.48. The van der Waals surface area contributed by atoms with Gasteiger partial charge in [0.05, 0.1) is 4.47 Å². The molecule has 0 spiro atoms. The van der Waals surface area contributed by atoms with E-state index in [1.54, 1.807) is 12.4 Å². The summed E-state index contributed by atoms with van der Waals surface area (Å²) in [6.45, 7) is 0.705. The minimum Gasteiger partial charge on any atom is -0.445 e. The van der Waals surface area contributed by atoms with Crippen molar-refractivity contribution in [2.45, 2.75) is 13.0 Å². The fourth-order valence-electron chi connectivity index (χ4n) is 1.52. The molecule has 0 aliphatic rings. The van der Waals surface area contributed by atoms with Crippen molar-refractivity contribution in [3.63, 3.8) is 0 Å². The first-order chi connectivity index (χ1) is 9.74. The minimum atomic E-state index is -0.439. The number of hydrogen-bond acceptors (Lipinski definition) is 4. The van der Waals surface area contributed by atoms with Gasteiger partial charge in [0.25, 0.3) is 0 Å². The standard InChI is InChI=1S/C14H14BrN3O2/c15-12-8-17-13(18-9-12)6-7-16-14(19)20-10-11-4-2-1-3-5-11/h1-5,8-9H,6-7,10H2,(H,16,19). The molecule has 0 saturated carbocycles. The topological polar surface area (TPSA) is 64.1 Å². The molecule has 104 valence electrons. The molecular formula is C14H14BrN3O2. The number of rotatable bonds is 5. The zero-order chi connectivity index (χ0) is 14.2. The van der Waals surface area contributed by atoms with Crippen LogP contribution in [0.1, 0.15) is 11.4 Å². The number of aromatic nitrogens is 2. The quantitative estimate of drug-likeness (QED) is 0.912. The van der Waals surface area contributed by atoms with Crippen LogP contribution >= 0.6 is 15.9 Å². The van der Waals surface area contributed by atoms with E-state index < -0.39 is 6.09 Å². The first-order valence-corrected chi connectivity index (χ1v) is 6.94. The normalized spacial score (nSPS) is 10.1. The Morgan fingerprint density at radius 3 is 2.60 bits per heavy atom. The summed E-state index contributed by atoms with van der Waals surface area (Å²) in [6.07, 6.45) is 3.48. The molecule has 0 radical (unpaired) electrons. The van der Waals surface area contributed by atoms with Gasteiger partial charge in [-0.15, -0.1) is 0 Å². The number of amides is 1. The van der Waals surface area contributed by atoms with Crippen molar-refractivity contribution in [1.29, 1.82) is 0 Å². The maximum absolute atomic E-state index is 11.5. The highest BCUT2D eigenvalue weighted by Crippen LogP contribution is 2.04. The number of hydrogen-bond donors (Lipinski definition) is 1. The van der Waals surface area contributed by atoms with Gasteiger partial charge in [0.1, 0.15) is 12.4 Å². The second kappa shape index (κ2) is 7.59. The molecule has 0 saturated heterocycles. The van der Waals surface area contributed by atoms with Crippen molar-refractivity contribution in [2.75, 3.05) is 6.54 Å². The summed E-state index contributed by atoms with van der Waals surface area (Å²) in [5, 5.41) is 2.66. The summed E-state index contributed by atoms with van der Waals surface area (Å²) in [6, 6.07) is 9.54. The molecule has 0 fully saturated rings. The molecule has 0 bridgehead atoms. The number of carbonyl (C=O) groups excluding carboxylic acids is 1. The number of nitrogens with one attached hydrogen (secondary N) is 1. The maximum Gasteiger partial charge on any atom is 0.407 e. The Kier molecular flexibility index (Phi) is 5.49. The highest BCUT2D eigenvalue weighted by atomic mass is 79.9. The van der Waals surface area contributed by atoms with Gasteiger partial charge in [-0.05, 0) is 21.5 Å². The van der Waals surface area contributed by atoms with Gasteiger partial charge >= 0.3 is 6.09 Å². The molecule has 1 heterocycles. The van der Waals surface area contributed by atoms with Crippen LogP contribution in [0, 0.1) is 0 Å². The largest absolute Gasteiger partial charge is 0.445 e. The Morgan fingerprint density at radius 2 is 1.90 bits per heavy atom. The van der Waals surface area contributed by atoms with Crippen LogP contribution in [0.15, 0.2) is 47.2 Å². The molecule has 1 N–H and O–H groups in total. The number of halogens is 1. The van der Waals surface area contributed by atoms with Gasteiger partial charge in [0.2, 0.25) is 0 Å². The number of nitrogens with zero attached hydrogens (tertiary/aromatic N) is 2. The summed E-state index contributed by atoms with van der Waals surface area (Å²) in [5.74, 6) is 0.677. The fraction of sp³-hybridized carbons (Fsp3) is 0.214. The lowest BCUT2D eigenvalue weighted by Crippen LogP contribution is -2.26. The monoisotopic (exact) mass is 335 g/mol. The third-order valence-electron chi connectivity index (χ3n) is 2.50. The number of benzene rings is 1. The van der Waals surface area contributed by atoms with Gasteiger partial charge in [0, 0.05) is 25.4 Å². The zero-order valence-corrected chi connectivity index (χ0v) is 12.3. The Balaban J connectivity index is 1.66. The van der Waals surface area contributed by atoms with E-state index in [-0.39, 0.29) is 6.61 Å². The molecule has 0 unspecified atom stereocenters. The number of carbonyl (C=O) groups is 1. The lowest BCUT2D eigenvalue weighted by molar-refractivity contribution is 0.140. The molecule has 6 heteroatoms. The van der Waals surface area contributed by atoms with E-state index in [1.165, 1.54) is 0 Å². The fourth-order valence-corrected chi connectivity index (χ4v) is 1.72. The second-order valence-electron chi connectivity index (χ2n) is 4.06. The SMILES string of the molecule is O=C(NCCc1ncc(Br)cn1)OCc1ccccc1. The van der Waals surface area contributed by atoms with E-state index in [2.05, 4.69) is 31.2 Å². The molecule has 0 atom stereocenters. The van der Waals surface area contributed by atoms with Gasteiger partial charge in [-0.3, -0.25) is 0 Å². The molecule has 2 rings (SSSR count). The molecule has 1 aromatic heterocycles. The Bertz CT molecular complexity index is 546. The smallest absolute Gasteiger partial charge is 0.407 e. The van der Waals surface area contributed by atoms with Crippen molar-refractivity contribution in [1.82, 2.24) is 15.3 Å². The van der Waals surface area contributed by atoms with Gasteiger partial charge in [0.15, 0.2) is 0 Å². The maximum atomic E-state index is 11.5. The van der Waals surface area contributed by atoms with E-state index in [4.69, 9.17) is 4.74 Å². The lowest BCUT2D eigenvalue weighted by atomic mass is 10.2. The predicted molar refractivity (Wildman–Crippen MR) is 78.1 cm³/mol. The average molecular weight is 336 g/mol. The highest BCUT2D eigenvalue weighted by molar-refractivity contribution is 9.10. The van der Waals surface area contributed by atoms with Crippen molar-refractivity contribution < 1.29 is 9.53 Å². The van der Waals surface area contributed by atoms with Crippen LogP contribution in [0.5, 0.6) is 0 Å². The van der Waals surface area contributed by atoms with Crippen LogP contribution in [-0.4, -0.2) is 22.6 Å². The zero-order valence-electron chi connectivity index (χ0n) is 10.8. The third kappa shape index (κ3) is 4.97. The summed E-state index contributed by atoms with van der Waals surface area (Å²) in [7, 11) is 0. The summed E-state index contributed by atoms with van der Waals surface area (Å²) in [5.41, 5.74) is 0.957. The van der Waals surface area contributed by atoms with E-state index in [0.29, 0.717) is 18.8 Å². The molecule has 0 aliphatic carbocycles. The van der Waals surface area contributed by atoms with Crippen LogP contribution in [0.4, 0.5) is 4.79 Å². The van der Waals surface area contributed by atoms with E-state index in [9.17, 15) is 4.79 Å². The number of alkyl carbamates (subject to hydrolysis) is 1. The molecule has 20 heavy (non-hydrogen) atoms. The first-order valence-electron chi connectivity index (χ1n) is 6.15. The van der Waals surface area contributed by atoms with Gasteiger partial charge in [-0.25, -0.2) is 14.8 Å². The molecule has 2 aromatic rings. The van der Waals surface area contributed by atoms with E-state index in [0.717, 1.165) is 10.0 Å². The van der Waals surface area contributed by atoms with Crippen LogP contribution in [0.25, 0.3) is 0 Å². The predicted octanol–water partition coefficient (Wildman–Crippen LogP) is 2.71. The Morgan fingerprint density at radius 1 is 1.20 bits per heavy atom. The lowest BCUT2D eigenvalue weighted by Gasteiger charge is -2.06. The van der Waals surface area contributed by atoms with Gasteiger partial charge < -0.3 is 10.1 Å². The molecule has 5 nitrogen and oxygen atoms in total. The second-order valence-corrected chi connectivity index (χ2v) is 4.97. The van der Waals surface area contributed by atoms with E-state index in [1.807, 2.05) is 30.3 Å². The first kappa shape index (κ1) is 14.5. The molecule has 1 amide bonds. The summed E-state index contributed by atoms with van der Waals surface area (Å²) in [4.78, 5) is 19.7. The van der Waals surface area contributed by atoms with E-state index >= 15 is 0 Å². The molecule has 0 aliphatic heterocycles. The van der Waals surface area contributed by atoms with Crippen LogP contribution in [0.2, 0.25) is 0 Å². The van der Waals surface area contributed by atoms with Gasteiger partial charge in [-0.1, -0.05) is 30.3 Å². The van der Waals surface area contributed by atoms with Gasteiger partial charge in [-0.2, -0.15) is 0 Å². The third-order valence-corrected chi connectivity index (χ3v) is 2.91. The molecular weight excluding hydrogens is 322 g/mol. The summed E-state index contributed by atoms with van der Waals surface area (Å²) < 4.78 is 5.92.